The molecule has 0 bridgehead atoms. The molecule has 1 aromatic heterocycles. The van der Waals surface area contributed by atoms with Gasteiger partial charge in [0.15, 0.2) is 0 Å². The Morgan fingerprint density at radius 1 is 1.33 bits per heavy atom. The molecule has 0 spiro atoms. The molecule has 0 fully saturated rings. The number of aromatic amines is 1. The molecule has 0 saturated carbocycles. The number of benzene rings is 1. The number of ether oxygens (including phenoxy) is 1. The van der Waals surface area contributed by atoms with Crippen molar-refractivity contribution in [2.75, 3.05) is 12.4 Å². The summed E-state index contributed by atoms with van der Waals surface area (Å²) in [6, 6.07) is 5.49. The highest BCUT2D eigenvalue weighted by Gasteiger charge is 2.30. The second kappa shape index (κ2) is 5.61. The molecular formula is C13H14N4O4. The molecule has 0 unspecified atom stereocenters. The standard InChI is InChI=1S/C13H14N4O4/c1-7-4-8(2)6-9(5-7)14-12(18)10-11(17(19)20)13(21-3)16-15-10/h4-6H,1-3H3,(H,14,18)(H,15,16). The molecule has 1 aromatic carbocycles. The average molecular weight is 290 g/mol. The topological polar surface area (TPSA) is 110 Å². The number of hydrogen-bond acceptors (Lipinski definition) is 5. The average Bonchev–Trinajstić information content (AvgIpc) is 2.81. The van der Waals surface area contributed by atoms with E-state index >= 15 is 0 Å². The number of nitrogens with one attached hydrogen (secondary N) is 2. The molecule has 0 radical (unpaired) electrons. The van der Waals surface area contributed by atoms with Gasteiger partial charge in [-0.2, -0.15) is 0 Å². The summed E-state index contributed by atoms with van der Waals surface area (Å²) in [5, 5.41) is 19.5. The van der Waals surface area contributed by atoms with Crippen LogP contribution >= 0.6 is 0 Å². The van der Waals surface area contributed by atoms with Crippen LogP contribution < -0.4 is 10.1 Å². The van der Waals surface area contributed by atoms with Crippen molar-refractivity contribution in [3.63, 3.8) is 0 Å². The van der Waals surface area contributed by atoms with E-state index in [1.807, 2.05) is 19.9 Å². The van der Waals surface area contributed by atoms with Crippen LogP contribution in [0.4, 0.5) is 11.4 Å². The first-order valence-corrected chi connectivity index (χ1v) is 6.08. The quantitative estimate of drug-likeness (QED) is 0.662. The molecule has 2 N–H and O–H groups in total. The molecule has 2 rings (SSSR count). The van der Waals surface area contributed by atoms with E-state index in [0.717, 1.165) is 11.1 Å². The molecule has 0 aliphatic carbocycles. The van der Waals surface area contributed by atoms with Gasteiger partial charge in [-0.05, 0) is 37.1 Å². The number of aryl methyl sites for hydroxylation is 2. The summed E-state index contributed by atoms with van der Waals surface area (Å²) in [6.07, 6.45) is 0. The Morgan fingerprint density at radius 2 is 1.95 bits per heavy atom. The highest BCUT2D eigenvalue weighted by molar-refractivity contribution is 6.06. The molecule has 110 valence electrons. The molecule has 0 aliphatic heterocycles. The van der Waals surface area contributed by atoms with Crippen molar-refractivity contribution in [2.24, 2.45) is 0 Å². The Labute approximate surface area is 120 Å². The summed E-state index contributed by atoms with van der Waals surface area (Å²) in [6.45, 7) is 3.79. The molecule has 8 nitrogen and oxygen atoms in total. The normalized spacial score (nSPS) is 10.2. The summed E-state index contributed by atoms with van der Waals surface area (Å²) in [5.41, 5.74) is 1.76. The molecule has 21 heavy (non-hydrogen) atoms. The largest absolute Gasteiger partial charge is 0.475 e. The summed E-state index contributed by atoms with van der Waals surface area (Å²) in [7, 11) is 1.24. The number of rotatable bonds is 4. The molecule has 1 amide bonds. The van der Waals surface area contributed by atoms with Crippen molar-refractivity contribution in [3.05, 3.63) is 45.1 Å². The van der Waals surface area contributed by atoms with E-state index in [-0.39, 0.29) is 11.6 Å². The number of anilines is 1. The zero-order valence-corrected chi connectivity index (χ0v) is 11.8. The van der Waals surface area contributed by atoms with Crippen LogP contribution in [-0.4, -0.2) is 28.1 Å². The van der Waals surface area contributed by atoms with Crippen molar-refractivity contribution in [1.82, 2.24) is 10.2 Å². The summed E-state index contributed by atoms with van der Waals surface area (Å²) >= 11 is 0. The SMILES string of the molecule is COc1n[nH]c(C(=O)Nc2cc(C)cc(C)c2)c1[N+](=O)[O-]. The highest BCUT2D eigenvalue weighted by atomic mass is 16.6. The third kappa shape index (κ3) is 2.99. The predicted molar refractivity (Wildman–Crippen MR) is 75.7 cm³/mol. The highest BCUT2D eigenvalue weighted by Crippen LogP contribution is 2.28. The fourth-order valence-electron chi connectivity index (χ4n) is 2.03. The Morgan fingerprint density at radius 3 is 2.48 bits per heavy atom. The van der Waals surface area contributed by atoms with Gasteiger partial charge in [0.1, 0.15) is 0 Å². The van der Waals surface area contributed by atoms with Gasteiger partial charge in [-0.25, -0.2) is 0 Å². The lowest BCUT2D eigenvalue weighted by molar-refractivity contribution is -0.386. The van der Waals surface area contributed by atoms with Gasteiger partial charge in [0.05, 0.1) is 12.0 Å². The predicted octanol–water partition coefficient (Wildman–Crippen LogP) is 2.20. The number of carbonyl (C=O) groups is 1. The van der Waals surface area contributed by atoms with Gasteiger partial charge in [0, 0.05) is 5.69 Å². The van der Waals surface area contributed by atoms with Gasteiger partial charge in [-0.3, -0.25) is 20.0 Å². The number of carbonyl (C=O) groups excluding carboxylic acids is 1. The van der Waals surface area contributed by atoms with Gasteiger partial charge in [0.2, 0.25) is 5.69 Å². The maximum atomic E-state index is 12.1. The lowest BCUT2D eigenvalue weighted by Crippen LogP contribution is -2.14. The van der Waals surface area contributed by atoms with Gasteiger partial charge in [-0.1, -0.05) is 6.07 Å². The fraction of sp³-hybridized carbons (Fsp3) is 0.231. The lowest BCUT2D eigenvalue weighted by atomic mass is 10.1. The van der Waals surface area contributed by atoms with Crippen LogP contribution in [0, 0.1) is 24.0 Å². The van der Waals surface area contributed by atoms with Crippen LogP contribution in [0.15, 0.2) is 18.2 Å². The fourth-order valence-corrected chi connectivity index (χ4v) is 2.03. The van der Waals surface area contributed by atoms with Crippen LogP contribution in [0.5, 0.6) is 5.88 Å². The second-order valence-electron chi connectivity index (χ2n) is 4.54. The smallest absolute Gasteiger partial charge is 0.362 e. The van der Waals surface area contributed by atoms with E-state index < -0.39 is 16.5 Å². The van der Waals surface area contributed by atoms with Crippen molar-refractivity contribution < 1.29 is 14.5 Å². The summed E-state index contributed by atoms with van der Waals surface area (Å²) in [4.78, 5) is 22.5. The van der Waals surface area contributed by atoms with Gasteiger partial charge in [0.25, 0.3) is 5.91 Å². The summed E-state index contributed by atoms with van der Waals surface area (Å²) < 4.78 is 4.76. The van der Waals surface area contributed by atoms with Crippen LogP contribution in [0.1, 0.15) is 21.6 Å². The first-order valence-electron chi connectivity index (χ1n) is 6.08. The Bertz CT molecular complexity index is 688. The minimum absolute atomic E-state index is 0.231. The third-order valence-corrected chi connectivity index (χ3v) is 2.79. The van der Waals surface area contributed by atoms with E-state index in [1.165, 1.54) is 7.11 Å². The first kappa shape index (κ1) is 14.5. The number of H-pyrrole nitrogens is 1. The molecule has 8 heteroatoms. The Kier molecular flexibility index (Phi) is 3.88. The molecule has 1 heterocycles. The lowest BCUT2D eigenvalue weighted by Gasteiger charge is -2.06. The Balaban J connectivity index is 2.32. The van der Waals surface area contributed by atoms with Gasteiger partial charge >= 0.3 is 11.6 Å². The number of nitro groups is 1. The van der Waals surface area contributed by atoms with E-state index in [2.05, 4.69) is 15.5 Å². The van der Waals surface area contributed by atoms with E-state index in [4.69, 9.17) is 4.74 Å². The minimum atomic E-state index is -0.710. The van der Waals surface area contributed by atoms with Crippen molar-refractivity contribution in [3.8, 4) is 5.88 Å². The molecule has 0 atom stereocenters. The number of aromatic nitrogens is 2. The van der Waals surface area contributed by atoms with Crippen molar-refractivity contribution in [2.45, 2.75) is 13.8 Å². The molecule has 0 saturated heterocycles. The molecule has 2 aromatic rings. The minimum Gasteiger partial charge on any atom is -0.475 e. The summed E-state index contributed by atoms with van der Waals surface area (Å²) in [5.74, 6) is -0.881. The van der Waals surface area contributed by atoms with E-state index in [0.29, 0.717) is 5.69 Å². The molecular weight excluding hydrogens is 276 g/mol. The number of hydrogen-bond donors (Lipinski definition) is 2. The first-order chi connectivity index (χ1) is 9.92. The maximum Gasteiger partial charge on any atom is 0.362 e. The molecule has 0 aliphatic rings. The number of methoxy groups -OCH3 is 1. The Hall–Kier alpha value is -2.90. The zero-order chi connectivity index (χ0) is 15.6. The van der Waals surface area contributed by atoms with E-state index in [1.54, 1.807) is 12.1 Å². The van der Waals surface area contributed by atoms with Crippen LogP contribution in [0.2, 0.25) is 0 Å². The number of nitrogens with zero attached hydrogens (tertiary/aromatic N) is 2. The van der Waals surface area contributed by atoms with E-state index in [9.17, 15) is 14.9 Å². The van der Waals surface area contributed by atoms with Crippen LogP contribution in [-0.2, 0) is 0 Å². The number of amides is 1. The van der Waals surface area contributed by atoms with Crippen LogP contribution in [0.25, 0.3) is 0 Å². The third-order valence-electron chi connectivity index (χ3n) is 2.79. The second-order valence-corrected chi connectivity index (χ2v) is 4.54. The van der Waals surface area contributed by atoms with Gasteiger partial charge in [-0.15, -0.1) is 5.10 Å². The van der Waals surface area contributed by atoms with Crippen molar-refractivity contribution in [1.29, 1.82) is 0 Å². The van der Waals surface area contributed by atoms with Gasteiger partial charge < -0.3 is 10.1 Å². The van der Waals surface area contributed by atoms with Crippen molar-refractivity contribution >= 4 is 17.3 Å². The zero-order valence-electron chi connectivity index (χ0n) is 11.8. The van der Waals surface area contributed by atoms with Crippen LogP contribution in [0.3, 0.4) is 0 Å². The monoisotopic (exact) mass is 290 g/mol. The maximum absolute atomic E-state index is 12.1.